The molecule has 0 radical (unpaired) electrons. The fourth-order valence-electron chi connectivity index (χ4n) is 3.21. The number of likely N-dealkylation sites (tertiary alicyclic amines) is 1. The van der Waals surface area contributed by atoms with Crippen molar-refractivity contribution in [1.82, 2.24) is 15.5 Å². The molecule has 2 atom stereocenters. The maximum absolute atomic E-state index is 4.37. The molecule has 1 saturated heterocycles. The van der Waals surface area contributed by atoms with Crippen LogP contribution in [-0.4, -0.2) is 44.6 Å². The van der Waals surface area contributed by atoms with Gasteiger partial charge in [-0.1, -0.05) is 31.2 Å². The van der Waals surface area contributed by atoms with Crippen LogP contribution < -0.4 is 10.6 Å². The average Bonchev–Trinajstić information content (AvgIpc) is 2.58. The number of hydrogen-bond acceptors (Lipinski definition) is 2. The van der Waals surface area contributed by atoms with Gasteiger partial charge >= 0.3 is 0 Å². The quantitative estimate of drug-likeness (QED) is 0.648. The molecule has 1 aliphatic rings. The number of nitrogens with zero attached hydrogens (tertiary/aromatic N) is 2. The molecule has 1 aromatic rings. The van der Waals surface area contributed by atoms with E-state index in [1.165, 1.54) is 37.1 Å². The van der Waals surface area contributed by atoms with Gasteiger partial charge in [-0.05, 0) is 56.8 Å². The van der Waals surface area contributed by atoms with Crippen LogP contribution in [0.3, 0.4) is 0 Å². The summed E-state index contributed by atoms with van der Waals surface area (Å²) in [5, 5.41) is 6.99. The Kier molecular flexibility index (Phi) is 6.90. The van der Waals surface area contributed by atoms with Gasteiger partial charge in [0.05, 0.1) is 6.04 Å². The number of benzene rings is 1. The lowest BCUT2D eigenvalue weighted by Crippen LogP contribution is -2.44. The van der Waals surface area contributed by atoms with Gasteiger partial charge < -0.3 is 15.5 Å². The zero-order valence-corrected chi connectivity index (χ0v) is 15.1. The van der Waals surface area contributed by atoms with Crippen LogP contribution in [0.25, 0.3) is 0 Å². The maximum Gasteiger partial charge on any atom is 0.191 e. The van der Waals surface area contributed by atoms with Crippen LogP contribution in [0.5, 0.6) is 0 Å². The molecule has 1 aromatic carbocycles. The fourth-order valence-corrected chi connectivity index (χ4v) is 3.21. The first-order valence-corrected chi connectivity index (χ1v) is 8.87. The van der Waals surface area contributed by atoms with E-state index in [0.29, 0.717) is 5.92 Å². The van der Waals surface area contributed by atoms with Crippen molar-refractivity contribution in [2.24, 2.45) is 10.9 Å². The summed E-state index contributed by atoms with van der Waals surface area (Å²) in [6, 6.07) is 9.09. The lowest BCUT2D eigenvalue weighted by Gasteiger charge is -2.30. The third-order valence-corrected chi connectivity index (χ3v) is 4.75. The van der Waals surface area contributed by atoms with Crippen LogP contribution in [0, 0.1) is 5.92 Å². The number of aryl methyl sites for hydroxylation is 1. The normalized spacial score (nSPS) is 21.0. The molecule has 0 spiro atoms. The summed E-state index contributed by atoms with van der Waals surface area (Å²) >= 11 is 0. The van der Waals surface area contributed by atoms with E-state index in [1.807, 2.05) is 7.05 Å². The van der Waals surface area contributed by atoms with E-state index in [-0.39, 0.29) is 6.04 Å². The molecule has 1 heterocycles. The van der Waals surface area contributed by atoms with Gasteiger partial charge in [-0.2, -0.15) is 0 Å². The lowest BCUT2D eigenvalue weighted by atomic mass is 9.98. The monoisotopic (exact) mass is 316 g/mol. The standard InChI is InChI=1S/C19H32N4/c1-5-16-8-10-18(11-9-16)15(2)22-19(20-3)21-13-17-7-6-12-23(4)14-17/h8-11,15,17H,5-7,12-14H2,1-4H3,(H2,20,21,22). The van der Waals surface area contributed by atoms with Gasteiger partial charge in [-0.15, -0.1) is 0 Å². The molecule has 128 valence electrons. The van der Waals surface area contributed by atoms with E-state index in [0.717, 1.165) is 18.9 Å². The molecule has 2 N–H and O–H groups in total. The van der Waals surface area contributed by atoms with Crippen LogP contribution in [0.2, 0.25) is 0 Å². The van der Waals surface area contributed by atoms with Gasteiger partial charge in [-0.25, -0.2) is 0 Å². The van der Waals surface area contributed by atoms with Gasteiger partial charge in [0.25, 0.3) is 0 Å². The third kappa shape index (κ3) is 5.54. The van der Waals surface area contributed by atoms with E-state index in [2.05, 4.69) is 65.7 Å². The van der Waals surface area contributed by atoms with E-state index in [1.54, 1.807) is 0 Å². The smallest absolute Gasteiger partial charge is 0.191 e. The Morgan fingerprint density at radius 2 is 2.09 bits per heavy atom. The molecule has 0 bridgehead atoms. The minimum atomic E-state index is 0.251. The summed E-state index contributed by atoms with van der Waals surface area (Å²) in [4.78, 5) is 6.79. The van der Waals surface area contributed by atoms with Crippen LogP contribution in [0.4, 0.5) is 0 Å². The molecule has 23 heavy (non-hydrogen) atoms. The zero-order valence-electron chi connectivity index (χ0n) is 15.1. The Morgan fingerprint density at radius 3 is 2.70 bits per heavy atom. The van der Waals surface area contributed by atoms with E-state index in [9.17, 15) is 0 Å². The summed E-state index contributed by atoms with van der Waals surface area (Å²) in [6.45, 7) is 7.77. The van der Waals surface area contributed by atoms with Crippen molar-refractivity contribution in [3.63, 3.8) is 0 Å². The molecule has 0 amide bonds. The zero-order chi connectivity index (χ0) is 16.7. The Hall–Kier alpha value is -1.55. The third-order valence-electron chi connectivity index (χ3n) is 4.75. The topological polar surface area (TPSA) is 39.7 Å². The number of nitrogens with one attached hydrogen (secondary N) is 2. The molecular weight excluding hydrogens is 284 g/mol. The first-order valence-electron chi connectivity index (χ1n) is 8.87. The van der Waals surface area contributed by atoms with Crippen molar-refractivity contribution < 1.29 is 0 Å². The SMILES string of the molecule is CCc1ccc(C(C)NC(=NC)NCC2CCCN(C)C2)cc1. The molecule has 4 nitrogen and oxygen atoms in total. The number of piperidine rings is 1. The van der Waals surface area contributed by atoms with Crippen molar-refractivity contribution in [1.29, 1.82) is 0 Å². The summed E-state index contributed by atoms with van der Waals surface area (Å²) in [5.41, 5.74) is 2.67. The van der Waals surface area contributed by atoms with Gasteiger partial charge in [-0.3, -0.25) is 4.99 Å². The van der Waals surface area contributed by atoms with Crippen LogP contribution in [0.15, 0.2) is 29.3 Å². The van der Waals surface area contributed by atoms with Gasteiger partial charge in [0.15, 0.2) is 5.96 Å². The van der Waals surface area contributed by atoms with Crippen molar-refractivity contribution in [2.75, 3.05) is 33.7 Å². The highest BCUT2D eigenvalue weighted by Gasteiger charge is 2.17. The summed E-state index contributed by atoms with van der Waals surface area (Å²) in [6.07, 6.45) is 3.69. The molecule has 2 rings (SSSR count). The minimum absolute atomic E-state index is 0.251. The minimum Gasteiger partial charge on any atom is -0.356 e. The molecule has 0 aliphatic carbocycles. The highest BCUT2D eigenvalue weighted by atomic mass is 15.2. The lowest BCUT2D eigenvalue weighted by molar-refractivity contribution is 0.210. The van der Waals surface area contributed by atoms with Crippen LogP contribution in [-0.2, 0) is 6.42 Å². The predicted octanol–water partition coefficient (Wildman–Crippen LogP) is 2.82. The summed E-state index contributed by atoms with van der Waals surface area (Å²) < 4.78 is 0. The van der Waals surface area contributed by atoms with Gasteiger partial charge in [0.1, 0.15) is 0 Å². The van der Waals surface area contributed by atoms with Gasteiger partial charge in [0, 0.05) is 20.1 Å². The van der Waals surface area contributed by atoms with Crippen molar-refractivity contribution in [3.05, 3.63) is 35.4 Å². The van der Waals surface area contributed by atoms with Crippen molar-refractivity contribution in [3.8, 4) is 0 Å². The maximum atomic E-state index is 4.37. The summed E-state index contributed by atoms with van der Waals surface area (Å²) in [7, 11) is 4.05. The Balaban J connectivity index is 1.83. The Bertz CT molecular complexity index is 495. The van der Waals surface area contributed by atoms with Crippen molar-refractivity contribution in [2.45, 2.75) is 39.2 Å². The number of hydrogen-bond donors (Lipinski definition) is 2. The highest BCUT2D eigenvalue weighted by molar-refractivity contribution is 5.80. The Labute approximate surface area is 141 Å². The Morgan fingerprint density at radius 1 is 1.35 bits per heavy atom. The molecule has 0 aromatic heterocycles. The van der Waals surface area contributed by atoms with E-state index < -0.39 is 0 Å². The largest absolute Gasteiger partial charge is 0.356 e. The average molecular weight is 316 g/mol. The fraction of sp³-hybridized carbons (Fsp3) is 0.632. The molecule has 1 fully saturated rings. The van der Waals surface area contributed by atoms with Crippen LogP contribution in [0.1, 0.15) is 43.9 Å². The van der Waals surface area contributed by atoms with E-state index in [4.69, 9.17) is 0 Å². The second-order valence-corrected chi connectivity index (χ2v) is 6.68. The highest BCUT2D eigenvalue weighted by Crippen LogP contribution is 2.15. The number of guanidine groups is 1. The first-order chi connectivity index (χ1) is 11.1. The predicted molar refractivity (Wildman–Crippen MR) is 99.0 cm³/mol. The molecule has 2 unspecified atom stereocenters. The van der Waals surface area contributed by atoms with Gasteiger partial charge in [0.2, 0.25) is 0 Å². The molecule has 4 heteroatoms. The second-order valence-electron chi connectivity index (χ2n) is 6.68. The number of aliphatic imine (C=N–C) groups is 1. The first kappa shape index (κ1) is 17.8. The number of rotatable bonds is 5. The second kappa shape index (κ2) is 8.92. The molecule has 0 saturated carbocycles. The van der Waals surface area contributed by atoms with E-state index >= 15 is 0 Å². The molecule has 1 aliphatic heterocycles. The van der Waals surface area contributed by atoms with Crippen LogP contribution >= 0.6 is 0 Å². The summed E-state index contributed by atoms with van der Waals surface area (Å²) in [5.74, 6) is 1.61. The molecular formula is C19H32N4. The van der Waals surface area contributed by atoms with Crippen molar-refractivity contribution >= 4 is 5.96 Å².